The molecule has 0 atom stereocenters. The molecule has 0 radical (unpaired) electrons. The SMILES string of the molecule is Cn1ccnc1CCNS(=O)(=O)c1cc(N)c(Br)cc1F. The third-order valence-corrected chi connectivity index (χ3v) is 5.07. The number of anilines is 1. The molecule has 2 aromatic rings. The number of aromatic nitrogens is 2. The molecule has 1 heterocycles. The van der Waals surface area contributed by atoms with Crippen LogP contribution in [0.2, 0.25) is 0 Å². The molecule has 0 saturated carbocycles. The van der Waals surface area contributed by atoms with E-state index in [4.69, 9.17) is 5.73 Å². The van der Waals surface area contributed by atoms with E-state index in [0.29, 0.717) is 10.9 Å². The van der Waals surface area contributed by atoms with Gasteiger partial charge in [-0.25, -0.2) is 22.5 Å². The molecule has 2 rings (SSSR count). The van der Waals surface area contributed by atoms with Crippen LogP contribution in [0.25, 0.3) is 0 Å². The summed E-state index contributed by atoms with van der Waals surface area (Å²) in [5, 5.41) is 0. The van der Waals surface area contributed by atoms with Crippen molar-refractivity contribution < 1.29 is 12.8 Å². The van der Waals surface area contributed by atoms with Gasteiger partial charge in [-0.2, -0.15) is 0 Å². The van der Waals surface area contributed by atoms with Crippen molar-refractivity contribution in [1.82, 2.24) is 14.3 Å². The first-order valence-corrected chi connectivity index (χ1v) is 8.29. The fourth-order valence-electron chi connectivity index (χ4n) is 1.76. The molecule has 1 aromatic carbocycles. The number of hydrogen-bond donors (Lipinski definition) is 2. The highest BCUT2D eigenvalue weighted by atomic mass is 79.9. The smallest absolute Gasteiger partial charge is 0.243 e. The number of aryl methyl sites for hydroxylation is 1. The highest BCUT2D eigenvalue weighted by Crippen LogP contribution is 2.25. The Bertz CT molecular complexity index is 761. The van der Waals surface area contributed by atoms with E-state index in [1.165, 1.54) is 0 Å². The molecule has 0 unspecified atom stereocenters. The summed E-state index contributed by atoms with van der Waals surface area (Å²) in [6.45, 7) is 0.114. The van der Waals surface area contributed by atoms with E-state index in [1.54, 1.807) is 17.0 Å². The van der Waals surface area contributed by atoms with Gasteiger partial charge in [0.1, 0.15) is 16.5 Å². The number of benzene rings is 1. The van der Waals surface area contributed by atoms with Gasteiger partial charge in [0.05, 0.1) is 0 Å². The maximum Gasteiger partial charge on any atom is 0.243 e. The molecule has 0 bridgehead atoms. The van der Waals surface area contributed by atoms with Gasteiger partial charge in [-0.15, -0.1) is 0 Å². The van der Waals surface area contributed by atoms with Crippen LogP contribution in [0.1, 0.15) is 5.82 Å². The van der Waals surface area contributed by atoms with Crippen LogP contribution in [0.15, 0.2) is 33.9 Å². The zero-order chi connectivity index (χ0) is 15.6. The number of nitrogens with zero attached hydrogens (tertiary/aromatic N) is 2. The Balaban J connectivity index is 2.12. The van der Waals surface area contributed by atoms with Gasteiger partial charge in [-0.1, -0.05) is 0 Å². The molecular formula is C12H14BrFN4O2S. The number of nitrogens with one attached hydrogen (secondary N) is 1. The molecule has 1 aromatic heterocycles. The third-order valence-electron chi connectivity index (χ3n) is 2.90. The minimum Gasteiger partial charge on any atom is -0.398 e. The maximum atomic E-state index is 13.8. The second-order valence-electron chi connectivity index (χ2n) is 4.41. The predicted molar refractivity (Wildman–Crippen MR) is 80.6 cm³/mol. The Kier molecular flexibility index (Phi) is 4.64. The van der Waals surface area contributed by atoms with E-state index in [1.807, 2.05) is 7.05 Å². The Labute approximate surface area is 130 Å². The fraction of sp³-hybridized carbons (Fsp3) is 0.250. The van der Waals surface area contributed by atoms with Crippen LogP contribution in [0.3, 0.4) is 0 Å². The summed E-state index contributed by atoms with van der Waals surface area (Å²) in [5.74, 6) is -0.131. The van der Waals surface area contributed by atoms with Gasteiger partial charge in [0.15, 0.2) is 0 Å². The Hall–Kier alpha value is -1.45. The van der Waals surface area contributed by atoms with Crippen LogP contribution >= 0.6 is 15.9 Å². The Morgan fingerprint density at radius 3 is 2.81 bits per heavy atom. The highest BCUT2D eigenvalue weighted by molar-refractivity contribution is 9.10. The van der Waals surface area contributed by atoms with Gasteiger partial charge in [0.2, 0.25) is 10.0 Å². The van der Waals surface area contributed by atoms with Gasteiger partial charge < -0.3 is 10.3 Å². The van der Waals surface area contributed by atoms with E-state index in [-0.39, 0.29) is 12.2 Å². The largest absolute Gasteiger partial charge is 0.398 e. The van der Waals surface area contributed by atoms with Crippen molar-refractivity contribution in [3.05, 3.63) is 40.6 Å². The van der Waals surface area contributed by atoms with Crippen LogP contribution in [-0.2, 0) is 23.5 Å². The molecule has 0 fully saturated rings. The summed E-state index contributed by atoms with van der Waals surface area (Å²) in [4.78, 5) is 3.61. The molecule has 3 N–H and O–H groups in total. The topological polar surface area (TPSA) is 90.0 Å². The first-order chi connectivity index (χ1) is 9.81. The van der Waals surface area contributed by atoms with Crippen molar-refractivity contribution in [2.75, 3.05) is 12.3 Å². The van der Waals surface area contributed by atoms with Crippen LogP contribution in [0, 0.1) is 5.82 Å². The third kappa shape index (κ3) is 3.60. The first-order valence-electron chi connectivity index (χ1n) is 6.01. The first kappa shape index (κ1) is 15.9. The van der Waals surface area contributed by atoms with Crippen LogP contribution < -0.4 is 10.5 Å². The van der Waals surface area contributed by atoms with Crippen molar-refractivity contribution in [2.24, 2.45) is 7.05 Å². The van der Waals surface area contributed by atoms with Gasteiger partial charge in [0.25, 0.3) is 0 Å². The molecule has 0 aliphatic carbocycles. The predicted octanol–water partition coefficient (Wildman–Crippen LogP) is 1.42. The van der Waals surface area contributed by atoms with Crippen molar-refractivity contribution in [3.8, 4) is 0 Å². The molecule has 0 aliphatic heterocycles. The van der Waals surface area contributed by atoms with Crippen molar-refractivity contribution in [3.63, 3.8) is 0 Å². The maximum absolute atomic E-state index is 13.8. The number of halogens is 2. The molecule has 0 spiro atoms. The Morgan fingerprint density at radius 1 is 1.48 bits per heavy atom. The number of rotatable bonds is 5. The monoisotopic (exact) mass is 376 g/mol. The van der Waals surface area contributed by atoms with Crippen LogP contribution in [0.5, 0.6) is 0 Å². The minimum atomic E-state index is -3.96. The van der Waals surface area contributed by atoms with E-state index in [2.05, 4.69) is 25.6 Å². The lowest BCUT2D eigenvalue weighted by atomic mass is 10.3. The summed E-state index contributed by atoms with van der Waals surface area (Å²) in [6.07, 6.45) is 3.79. The van der Waals surface area contributed by atoms with E-state index >= 15 is 0 Å². The van der Waals surface area contributed by atoms with Gasteiger partial charge in [-0.3, -0.25) is 0 Å². The number of nitrogen functional groups attached to an aromatic ring is 1. The molecule has 0 amide bonds. The summed E-state index contributed by atoms with van der Waals surface area (Å²) in [6, 6.07) is 2.12. The summed E-state index contributed by atoms with van der Waals surface area (Å²) in [5.41, 5.74) is 5.75. The molecule has 0 aliphatic rings. The molecule has 6 nitrogen and oxygen atoms in total. The van der Waals surface area contributed by atoms with Gasteiger partial charge in [-0.05, 0) is 28.1 Å². The fourth-order valence-corrected chi connectivity index (χ4v) is 3.20. The molecular weight excluding hydrogens is 363 g/mol. The van der Waals surface area contributed by atoms with Crippen LogP contribution in [-0.4, -0.2) is 24.5 Å². The zero-order valence-electron chi connectivity index (χ0n) is 11.2. The standard InChI is InChI=1S/C12H14BrFN4O2S/c1-18-5-4-16-12(18)2-3-17-21(19,20)11-7-10(15)8(13)6-9(11)14/h4-7,17H,2-3,15H2,1H3. The highest BCUT2D eigenvalue weighted by Gasteiger charge is 2.20. The summed E-state index contributed by atoms with van der Waals surface area (Å²) >= 11 is 3.04. The van der Waals surface area contributed by atoms with Crippen molar-refractivity contribution >= 4 is 31.6 Å². The molecule has 21 heavy (non-hydrogen) atoms. The number of sulfonamides is 1. The molecule has 0 saturated heterocycles. The van der Waals surface area contributed by atoms with E-state index < -0.39 is 20.7 Å². The lowest BCUT2D eigenvalue weighted by Gasteiger charge is -2.09. The minimum absolute atomic E-state index is 0.114. The average molecular weight is 377 g/mol. The normalized spacial score (nSPS) is 11.8. The van der Waals surface area contributed by atoms with Gasteiger partial charge >= 0.3 is 0 Å². The van der Waals surface area contributed by atoms with Crippen molar-refractivity contribution in [1.29, 1.82) is 0 Å². The lowest BCUT2D eigenvalue weighted by Crippen LogP contribution is -2.27. The average Bonchev–Trinajstić information content (AvgIpc) is 2.79. The number of nitrogens with two attached hydrogens (primary N) is 1. The van der Waals surface area contributed by atoms with E-state index in [9.17, 15) is 12.8 Å². The lowest BCUT2D eigenvalue weighted by molar-refractivity contribution is 0.556. The summed E-state index contributed by atoms with van der Waals surface area (Å²) in [7, 11) is -2.15. The van der Waals surface area contributed by atoms with Crippen molar-refractivity contribution in [2.45, 2.75) is 11.3 Å². The van der Waals surface area contributed by atoms with E-state index in [0.717, 1.165) is 18.0 Å². The quantitative estimate of drug-likeness (QED) is 0.772. The molecule has 9 heteroatoms. The Morgan fingerprint density at radius 2 is 2.19 bits per heavy atom. The zero-order valence-corrected chi connectivity index (χ0v) is 13.6. The van der Waals surface area contributed by atoms with Gasteiger partial charge in [0, 0.05) is 42.6 Å². The second kappa shape index (κ2) is 6.12. The number of imidazole rings is 1. The second-order valence-corrected chi connectivity index (χ2v) is 7.00. The molecule has 114 valence electrons. The summed E-state index contributed by atoms with van der Waals surface area (Å²) < 4.78 is 42.4. The van der Waals surface area contributed by atoms with Crippen LogP contribution in [0.4, 0.5) is 10.1 Å². The number of hydrogen-bond acceptors (Lipinski definition) is 4.